The topological polar surface area (TPSA) is 106 Å². The third-order valence-corrected chi connectivity index (χ3v) is 5.11. The van der Waals surface area contributed by atoms with Gasteiger partial charge in [0.15, 0.2) is 10.2 Å². The molecule has 146 valence electrons. The normalized spacial score (nSPS) is 18.3. The first-order chi connectivity index (χ1) is 12.5. The average molecular weight is 401 g/mol. The van der Waals surface area contributed by atoms with E-state index in [-0.39, 0.29) is 0 Å². The van der Waals surface area contributed by atoms with Crippen molar-refractivity contribution in [1.82, 2.24) is 32.3 Å². The van der Waals surface area contributed by atoms with Crippen molar-refractivity contribution in [3.63, 3.8) is 0 Å². The van der Waals surface area contributed by atoms with E-state index in [2.05, 4.69) is 32.3 Å². The molecule has 0 bridgehead atoms. The second-order valence-corrected chi connectivity index (χ2v) is 7.59. The third kappa shape index (κ3) is 7.69. The molecule has 0 aliphatic heterocycles. The van der Waals surface area contributed by atoms with Gasteiger partial charge in [-0.25, -0.2) is 0 Å². The molecule has 0 aromatic carbocycles. The molecule has 2 aliphatic carbocycles. The van der Waals surface area contributed by atoms with Gasteiger partial charge < -0.3 is 10.6 Å². The second kappa shape index (κ2) is 11.1. The summed E-state index contributed by atoms with van der Waals surface area (Å²) in [6.45, 7) is 0. The summed E-state index contributed by atoms with van der Waals surface area (Å²) in [6, 6.07) is 0.638. The predicted octanol–water partition coefficient (Wildman–Crippen LogP) is 0.642. The van der Waals surface area contributed by atoms with Gasteiger partial charge in [0.05, 0.1) is 0 Å². The number of rotatable bonds is 2. The average Bonchev–Trinajstić information content (AvgIpc) is 2.65. The lowest BCUT2D eigenvalue weighted by atomic mass is 9.96. The smallest absolute Gasteiger partial charge is 0.329 e. The van der Waals surface area contributed by atoms with Gasteiger partial charge in [-0.05, 0) is 50.1 Å². The number of carbonyl (C=O) groups excluding carboxylic acids is 2. The molecule has 0 aromatic heterocycles. The monoisotopic (exact) mass is 400 g/mol. The van der Waals surface area contributed by atoms with Crippen LogP contribution in [0.3, 0.4) is 0 Å². The molecule has 2 amide bonds. The molecule has 0 unspecified atom stereocenters. The summed E-state index contributed by atoms with van der Waals surface area (Å²) in [5.41, 5.74) is 9.63. The Kier molecular flexibility index (Phi) is 8.82. The zero-order valence-electron chi connectivity index (χ0n) is 14.9. The largest absolute Gasteiger partial charge is 0.359 e. The molecule has 10 heteroatoms. The Morgan fingerprint density at radius 3 is 1.27 bits per heavy atom. The minimum Gasteiger partial charge on any atom is -0.359 e. The summed E-state index contributed by atoms with van der Waals surface area (Å²) in [4.78, 5) is 23.5. The maximum atomic E-state index is 11.8. The van der Waals surface area contributed by atoms with Crippen molar-refractivity contribution in [2.45, 2.75) is 76.3 Å². The molecule has 2 saturated carbocycles. The summed E-state index contributed by atoms with van der Waals surface area (Å²) in [7, 11) is 0. The van der Waals surface area contributed by atoms with E-state index in [1.54, 1.807) is 0 Å². The number of amides is 2. The number of carbonyl (C=O) groups is 2. The number of thiocarbonyl (C=S) groups is 2. The molecule has 8 nitrogen and oxygen atoms in total. The number of hydrogen-bond acceptors (Lipinski definition) is 4. The Bertz CT molecular complexity index is 473. The van der Waals surface area contributed by atoms with Crippen molar-refractivity contribution in [2.75, 3.05) is 0 Å². The minimum atomic E-state index is -0.856. The van der Waals surface area contributed by atoms with Crippen LogP contribution in [0.15, 0.2) is 0 Å². The molecule has 0 aromatic rings. The van der Waals surface area contributed by atoms with Crippen LogP contribution in [0.25, 0.3) is 0 Å². The maximum Gasteiger partial charge on any atom is 0.329 e. The van der Waals surface area contributed by atoms with Crippen molar-refractivity contribution in [3.8, 4) is 0 Å². The Morgan fingerprint density at radius 2 is 0.923 bits per heavy atom. The summed E-state index contributed by atoms with van der Waals surface area (Å²) in [6.07, 6.45) is 11.4. The molecule has 2 rings (SSSR count). The van der Waals surface area contributed by atoms with E-state index in [0.29, 0.717) is 22.3 Å². The first-order valence-electron chi connectivity index (χ1n) is 9.28. The van der Waals surface area contributed by atoms with E-state index < -0.39 is 11.8 Å². The third-order valence-electron chi connectivity index (χ3n) is 4.67. The fourth-order valence-corrected chi connectivity index (χ4v) is 3.71. The molecule has 2 fully saturated rings. The first-order valence-corrected chi connectivity index (χ1v) is 10.1. The Labute approximate surface area is 164 Å². The van der Waals surface area contributed by atoms with Crippen molar-refractivity contribution < 1.29 is 9.59 Å². The minimum absolute atomic E-state index is 0.306. The highest BCUT2D eigenvalue weighted by atomic mass is 32.1. The molecule has 2 aliphatic rings. The lowest BCUT2D eigenvalue weighted by molar-refractivity contribution is -0.139. The van der Waals surface area contributed by atoms with Crippen LogP contribution in [0, 0.1) is 0 Å². The van der Waals surface area contributed by atoms with Gasteiger partial charge in [-0.3, -0.25) is 31.3 Å². The van der Waals surface area contributed by atoms with Crippen LogP contribution in [0.2, 0.25) is 0 Å². The number of hydrazine groups is 2. The van der Waals surface area contributed by atoms with E-state index in [1.807, 2.05) is 0 Å². The summed E-state index contributed by atoms with van der Waals surface area (Å²) in [5.74, 6) is -1.71. The molecule has 6 N–H and O–H groups in total. The SMILES string of the molecule is O=C(NNC(=S)NC1CCCCC1)C(=O)NNC(=S)NC1CCCCC1. The Morgan fingerprint density at radius 1 is 0.577 bits per heavy atom. The lowest BCUT2D eigenvalue weighted by Gasteiger charge is -2.24. The van der Waals surface area contributed by atoms with E-state index in [0.717, 1.165) is 25.7 Å². The van der Waals surface area contributed by atoms with Crippen LogP contribution >= 0.6 is 24.4 Å². The molecular weight excluding hydrogens is 372 g/mol. The van der Waals surface area contributed by atoms with Gasteiger partial charge >= 0.3 is 11.8 Å². The van der Waals surface area contributed by atoms with Crippen LogP contribution < -0.4 is 32.3 Å². The van der Waals surface area contributed by atoms with Gasteiger partial charge in [-0.15, -0.1) is 0 Å². The molecule has 0 atom stereocenters. The summed E-state index contributed by atoms with van der Waals surface area (Å²) < 4.78 is 0. The maximum absolute atomic E-state index is 11.8. The quantitative estimate of drug-likeness (QED) is 0.228. The van der Waals surface area contributed by atoms with E-state index in [9.17, 15) is 9.59 Å². The van der Waals surface area contributed by atoms with E-state index >= 15 is 0 Å². The van der Waals surface area contributed by atoms with Crippen LogP contribution in [-0.4, -0.2) is 34.1 Å². The fraction of sp³-hybridized carbons (Fsp3) is 0.750. The van der Waals surface area contributed by atoms with Gasteiger partial charge in [-0.1, -0.05) is 38.5 Å². The van der Waals surface area contributed by atoms with Crippen LogP contribution in [-0.2, 0) is 9.59 Å². The fourth-order valence-electron chi connectivity index (χ4n) is 3.28. The van der Waals surface area contributed by atoms with E-state index in [4.69, 9.17) is 24.4 Å². The van der Waals surface area contributed by atoms with Crippen molar-refractivity contribution in [1.29, 1.82) is 0 Å². The Balaban J connectivity index is 1.58. The molecule has 26 heavy (non-hydrogen) atoms. The molecule has 0 saturated heterocycles. The molecule has 0 spiro atoms. The zero-order valence-corrected chi connectivity index (χ0v) is 16.5. The van der Waals surface area contributed by atoms with Gasteiger partial charge in [0.2, 0.25) is 0 Å². The number of nitrogens with one attached hydrogen (secondary N) is 6. The Hall–Kier alpha value is -1.68. The molecule has 0 radical (unpaired) electrons. The van der Waals surface area contributed by atoms with Gasteiger partial charge in [0.25, 0.3) is 0 Å². The first kappa shape index (κ1) is 20.6. The molecular formula is C16H28N6O2S2. The zero-order chi connectivity index (χ0) is 18.8. The lowest BCUT2D eigenvalue weighted by Crippen LogP contribution is -2.57. The van der Waals surface area contributed by atoms with Crippen molar-refractivity contribution in [2.24, 2.45) is 0 Å². The van der Waals surface area contributed by atoms with Crippen LogP contribution in [0.1, 0.15) is 64.2 Å². The highest BCUT2D eigenvalue weighted by Gasteiger charge is 2.17. The highest BCUT2D eigenvalue weighted by molar-refractivity contribution is 7.80. The van der Waals surface area contributed by atoms with Gasteiger partial charge in [0, 0.05) is 12.1 Å². The number of hydrogen-bond donors (Lipinski definition) is 6. The molecule has 0 heterocycles. The standard InChI is InChI=1S/C16H28N6O2S2/c23-13(19-21-15(25)17-11-7-3-1-4-8-11)14(24)20-22-16(26)18-12-9-5-2-6-10-12/h11-12H,1-10H2,(H,19,23)(H,20,24)(H2,17,21,25)(H2,18,22,26). The second-order valence-electron chi connectivity index (χ2n) is 6.78. The summed E-state index contributed by atoms with van der Waals surface area (Å²) in [5, 5.41) is 6.88. The summed E-state index contributed by atoms with van der Waals surface area (Å²) >= 11 is 10.2. The highest BCUT2D eigenvalue weighted by Crippen LogP contribution is 2.17. The van der Waals surface area contributed by atoms with Crippen LogP contribution in [0.5, 0.6) is 0 Å². The van der Waals surface area contributed by atoms with Gasteiger partial charge in [0.1, 0.15) is 0 Å². The van der Waals surface area contributed by atoms with Crippen molar-refractivity contribution in [3.05, 3.63) is 0 Å². The van der Waals surface area contributed by atoms with Crippen LogP contribution in [0.4, 0.5) is 0 Å². The predicted molar refractivity (Wildman–Crippen MR) is 108 cm³/mol. The van der Waals surface area contributed by atoms with E-state index in [1.165, 1.54) is 38.5 Å². The van der Waals surface area contributed by atoms with Crippen molar-refractivity contribution >= 4 is 46.5 Å². The van der Waals surface area contributed by atoms with Gasteiger partial charge in [-0.2, -0.15) is 0 Å².